The summed E-state index contributed by atoms with van der Waals surface area (Å²) in [4.78, 5) is 30.2. The molecule has 0 spiro atoms. The molecule has 0 aliphatic carbocycles. The van der Waals surface area contributed by atoms with Crippen molar-refractivity contribution in [2.75, 3.05) is 44.2 Å². The van der Waals surface area contributed by atoms with Gasteiger partial charge in [0.1, 0.15) is 5.82 Å². The van der Waals surface area contributed by atoms with Gasteiger partial charge in [-0.15, -0.1) is 0 Å². The second-order valence-electron chi connectivity index (χ2n) is 7.13. The van der Waals surface area contributed by atoms with Crippen LogP contribution in [0.1, 0.15) is 37.0 Å². The number of carbonyl (C=O) groups excluding carboxylic acids is 2. The Labute approximate surface area is 148 Å². The molecule has 2 saturated heterocycles. The molecule has 5 nitrogen and oxygen atoms in total. The Bertz CT molecular complexity index is 648. The number of nitrogens with zero attached hydrogens (tertiary/aromatic N) is 3. The minimum atomic E-state index is -0.332. The van der Waals surface area contributed by atoms with Crippen LogP contribution in [0.4, 0.5) is 10.1 Å². The average molecular weight is 347 g/mol. The van der Waals surface area contributed by atoms with Crippen LogP contribution in [-0.2, 0) is 4.79 Å². The molecule has 2 fully saturated rings. The molecule has 0 unspecified atom stereocenters. The lowest BCUT2D eigenvalue weighted by Gasteiger charge is -2.35. The molecule has 2 aliphatic heterocycles. The van der Waals surface area contributed by atoms with Crippen LogP contribution in [0, 0.1) is 11.7 Å². The van der Waals surface area contributed by atoms with Gasteiger partial charge in [-0.3, -0.25) is 9.59 Å². The Morgan fingerprint density at radius 2 is 1.56 bits per heavy atom. The summed E-state index contributed by atoms with van der Waals surface area (Å²) >= 11 is 0. The highest BCUT2D eigenvalue weighted by molar-refractivity contribution is 5.95. The second-order valence-corrected chi connectivity index (χ2v) is 7.13. The van der Waals surface area contributed by atoms with Gasteiger partial charge in [0.25, 0.3) is 5.91 Å². The lowest BCUT2D eigenvalue weighted by Crippen LogP contribution is -2.51. The first-order chi connectivity index (χ1) is 12.0. The van der Waals surface area contributed by atoms with Gasteiger partial charge in [0.05, 0.1) is 5.69 Å². The fraction of sp³-hybridized carbons (Fsp3) is 0.579. The predicted octanol–water partition coefficient (Wildman–Crippen LogP) is 2.37. The van der Waals surface area contributed by atoms with Crippen molar-refractivity contribution in [2.24, 2.45) is 5.92 Å². The monoisotopic (exact) mass is 347 g/mol. The number of hydrogen-bond acceptors (Lipinski definition) is 3. The minimum Gasteiger partial charge on any atom is -0.369 e. The van der Waals surface area contributed by atoms with Gasteiger partial charge in [0.2, 0.25) is 5.91 Å². The topological polar surface area (TPSA) is 43.9 Å². The summed E-state index contributed by atoms with van der Waals surface area (Å²) in [6.45, 7) is 7.56. The van der Waals surface area contributed by atoms with Crippen molar-refractivity contribution in [2.45, 2.75) is 26.7 Å². The van der Waals surface area contributed by atoms with Crippen LogP contribution in [0.5, 0.6) is 0 Å². The molecule has 2 aliphatic rings. The Kier molecular flexibility index (Phi) is 5.25. The number of carbonyl (C=O) groups is 2. The van der Waals surface area contributed by atoms with Crippen LogP contribution < -0.4 is 4.90 Å². The number of halogens is 1. The molecule has 1 aromatic rings. The number of rotatable bonds is 3. The Hall–Kier alpha value is -2.11. The van der Waals surface area contributed by atoms with Crippen molar-refractivity contribution in [1.29, 1.82) is 0 Å². The summed E-state index contributed by atoms with van der Waals surface area (Å²) in [5.41, 5.74) is 0.963. The molecule has 6 heteroatoms. The Morgan fingerprint density at radius 1 is 0.960 bits per heavy atom. The zero-order valence-electron chi connectivity index (χ0n) is 15.0. The van der Waals surface area contributed by atoms with Gasteiger partial charge >= 0.3 is 0 Å². The van der Waals surface area contributed by atoms with Crippen molar-refractivity contribution in [3.63, 3.8) is 0 Å². The lowest BCUT2D eigenvalue weighted by atomic mass is 10.1. The van der Waals surface area contributed by atoms with Crippen molar-refractivity contribution in [3.05, 3.63) is 29.6 Å². The maximum Gasteiger partial charge on any atom is 0.254 e. The predicted molar refractivity (Wildman–Crippen MR) is 95.2 cm³/mol. The van der Waals surface area contributed by atoms with Crippen molar-refractivity contribution < 1.29 is 14.0 Å². The maximum absolute atomic E-state index is 14.4. The SMILES string of the molecule is CC(C)C(=O)N1CCN(C(=O)c2ccc(N3CCCC3)c(F)c2)CC1. The minimum absolute atomic E-state index is 0.0329. The molecular formula is C19H26FN3O2. The molecule has 0 bridgehead atoms. The first kappa shape index (κ1) is 17.7. The largest absolute Gasteiger partial charge is 0.369 e. The summed E-state index contributed by atoms with van der Waals surface area (Å²) in [5, 5.41) is 0. The quantitative estimate of drug-likeness (QED) is 0.843. The summed E-state index contributed by atoms with van der Waals surface area (Å²) in [6, 6.07) is 4.78. The van der Waals surface area contributed by atoms with Gasteiger partial charge in [0, 0.05) is 50.7 Å². The third-order valence-electron chi connectivity index (χ3n) is 5.01. The van der Waals surface area contributed by atoms with E-state index in [4.69, 9.17) is 0 Å². The molecule has 3 rings (SSSR count). The van der Waals surface area contributed by atoms with Crippen LogP contribution in [-0.4, -0.2) is 60.9 Å². The zero-order valence-corrected chi connectivity index (χ0v) is 15.0. The summed E-state index contributed by atoms with van der Waals surface area (Å²) in [6.07, 6.45) is 2.17. The van der Waals surface area contributed by atoms with E-state index in [9.17, 15) is 14.0 Å². The van der Waals surface area contributed by atoms with E-state index in [1.165, 1.54) is 6.07 Å². The third-order valence-corrected chi connectivity index (χ3v) is 5.01. The van der Waals surface area contributed by atoms with Gasteiger partial charge in [-0.1, -0.05) is 13.8 Å². The lowest BCUT2D eigenvalue weighted by molar-refractivity contribution is -0.135. The highest BCUT2D eigenvalue weighted by Crippen LogP contribution is 2.25. The number of amides is 2. The van der Waals surface area contributed by atoms with Crippen molar-refractivity contribution >= 4 is 17.5 Å². The van der Waals surface area contributed by atoms with E-state index in [0.29, 0.717) is 37.4 Å². The van der Waals surface area contributed by atoms with Crippen LogP contribution in [0.2, 0.25) is 0 Å². The molecule has 0 saturated carbocycles. The molecule has 0 atom stereocenters. The van der Waals surface area contributed by atoms with E-state index < -0.39 is 0 Å². The number of anilines is 1. The molecule has 2 heterocycles. The number of hydrogen-bond donors (Lipinski definition) is 0. The third kappa shape index (κ3) is 3.78. The van der Waals surface area contributed by atoms with E-state index in [2.05, 4.69) is 0 Å². The molecular weight excluding hydrogens is 321 g/mol. The Morgan fingerprint density at radius 3 is 2.12 bits per heavy atom. The van der Waals surface area contributed by atoms with Crippen LogP contribution in [0.25, 0.3) is 0 Å². The van der Waals surface area contributed by atoms with Gasteiger partial charge < -0.3 is 14.7 Å². The fourth-order valence-electron chi connectivity index (χ4n) is 3.53. The summed E-state index contributed by atoms with van der Waals surface area (Å²) in [7, 11) is 0. The number of piperazine rings is 1. The normalized spacial score (nSPS) is 18.2. The van der Waals surface area contributed by atoms with Crippen LogP contribution >= 0.6 is 0 Å². The summed E-state index contributed by atoms with van der Waals surface area (Å²) < 4.78 is 14.4. The van der Waals surface area contributed by atoms with Gasteiger partial charge in [-0.25, -0.2) is 4.39 Å². The fourth-order valence-corrected chi connectivity index (χ4v) is 3.53. The molecule has 0 N–H and O–H groups in total. The molecule has 136 valence electrons. The highest BCUT2D eigenvalue weighted by atomic mass is 19.1. The van der Waals surface area contributed by atoms with Crippen LogP contribution in [0.3, 0.4) is 0 Å². The molecule has 0 radical (unpaired) electrons. The second kappa shape index (κ2) is 7.42. The van der Waals surface area contributed by atoms with E-state index >= 15 is 0 Å². The zero-order chi connectivity index (χ0) is 18.0. The summed E-state index contributed by atoms with van der Waals surface area (Å²) in [5.74, 6) is -0.410. The average Bonchev–Trinajstić information content (AvgIpc) is 3.14. The van der Waals surface area contributed by atoms with Gasteiger partial charge in [-0.05, 0) is 31.0 Å². The first-order valence-corrected chi connectivity index (χ1v) is 9.10. The van der Waals surface area contributed by atoms with Gasteiger partial charge in [0.15, 0.2) is 0 Å². The van der Waals surface area contributed by atoms with Gasteiger partial charge in [-0.2, -0.15) is 0 Å². The van der Waals surface area contributed by atoms with E-state index in [-0.39, 0.29) is 23.5 Å². The van der Waals surface area contributed by atoms with E-state index in [0.717, 1.165) is 25.9 Å². The standard InChI is InChI=1S/C19H26FN3O2/c1-14(2)18(24)22-9-11-23(12-10-22)19(25)15-5-6-17(16(20)13-15)21-7-3-4-8-21/h5-6,13-14H,3-4,7-12H2,1-2H3. The van der Waals surface area contributed by atoms with E-state index in [1.807, 2.05) is 18.7 Å². The van der Waals surface area contributed by atoms with Crippen LogP contribution in [0.15, 0.2) is 18.2 Å². The molecule has 1 aromatic carbocycles. The molecule has 0 aromatic heterocycles. The van der Waals surface area contributed by atoms with Crippen molar-refractivity contribution in [3.8, 4) is 0 Å². The smallest absolute Gasteiger partial charge is 0.254 e. The molecule has 25 heavy (non-hydrogen) atoms. The maximum atomic E-state index is 14.4. The van der Waals surface area contributed by atoms with E-state index in [1.54, 1.807) is 21.9 Å². The highest BCUT2D eigenvalue weighted by Gasteiger charge is 2.26. The Balaban J connectivity index is 1.64. The van der Waals surface area contributed by atoms with Crippen molar-refractivity contribution in [1.82, 2.24) is 9.80 Å². The first-order valence-electron chi connectivity index (χ1n) is 9.10. The molecule has 2 amide bonds. The number of benzene rings is 1.